The Kier molecular flexibility index (Phi) is 8.51. The lowest BCUT2D eigenvalue weighted by Gasteiger charge is -2.20. The van der Waals surface area contributed by atoms with Gasteiger partial charge in [0, 0.05) is 28.7 Å². The van der Waals surface area contributed by atoms with Crippen LogP contribution in [0.3, 0.4) is 0 Å². The van der Waals surface area contributed by atoms with Gasteiger partial charge in [0.05, 0.1) is 23.0 Å². The summed E-state index contributed by atoms with van der Waals surface area (Å²) in [6.45, 7) is 3.82. The largest absolute Gasteiger partial charge is 0.481 e. The van der Waals surface area contributed by atoms with E-state index in [9.17, 15) is 18.4 Å². The lowest BCUT2D eigenvalue weighted by Crippen LogP contribution is -2.20. The van der Waals surface area contributed by atoms with E-state index >= 15 is 0 Å². The van der Waals surface area contributed by atoms with E-state index in [0.717, 1.165) is 5.56 Å². The van der Waals surface area contributed by atoms with Crippen molar-refractivity contribution in [3.8, 4) is 11.5 Å². The number of benzene rings is 2. The van der Waals surface area contributed by atoms with Crippen molar-refractivity contribution in [2.45, 2.75) is 47.1 Å². The number of nitrogens with zero attached hydrogens (tertiary/aromatic N) is 1. The molecule has 0 unspecified atom stereocenters. The molecule has 0 atom stereocenters. The van der Waals surface area contributed by atoms with E-state index in [-0.39, 0.29) is 39.6 Å². The zero-order valence-corrected chi connectivity index (χ0v) is 21.5. The number of ether oxygens (including phenoxy) is 3. The number of fused-ring (bicyclic) bond motifs is 1. The van der Waals surface area contributed by atoms with E-state index in [2.05, 4.69) is 9.72 Å². The Bertz CT molecular complexity index is 1270. The third-order valence-corrected chi connectivity index (χ3v) is 5.88. The van der Waals surface area contributed by atoms with Crippen LogP contribution in [0.5, 0.6) is 11.5 Å². The maximum absolute atomic E-state index is 13.6. The highest BCUT2D eigenvalue weighted by atomic mass is 35.5. The molecule has 192 valence electrons. The Morgan fingerprint density at radius 1 is 1.08 bits per heavy atom. The highest BCUT2D eigenvalue weighted by molar-refractivity contribution is 6.35. The van der Waals surface area contributed by atoms with Gasteiger partial charge in [-0.25, -0.2) is 4.79 Å². The molecule has 3 rings (SSSR count). The van der Waals surface area contributed by atoms with Crippen molar-refractivity contribution in [1.82, 2.24) is 4.98 Å². The van der Waals surface area contributed by atoms with Crippen LogP contribution in [-0.2, 0) is 22.4 Å². The molecule has 0 aliphatic rings. The molecule has 2 aromatic carbocycles. The standard InChI is InChI=1S/C27H28ClF2NO5/c1-6-19-17(13-15-7-9-16(10-8-15)25(33)27(2,3)4)24(36-26(29)30)22-20(35-14-21(32)34-5)12-11-18(28)23(22)31-19/h7-12,26H,6,13-14H2,1-5H3. The minimum Gasteiger partial charge on any atom is -0.481 e. The summed E-state index contributed by atoms with van der Waals surface area (Å²) in [6.07, 6.45) is 0.635. The summed E-state index contributed by atoms with van der Waals surface area (Å²) >= 11 is 6.37. The van der Waals surface area contributed by atoms with Crippen molar-refractivity contribution in [2.24, 2.45) is 5.41 Å². The Morgan fingerprint density at radius 2 is 1.75 bits per heavy atom. The van der Waals surface area contributed by atoms with Crippen molar-refractivity contribution in [2.75, 3.05) is 13.7 Å². The first-order chi connectivity index (χ1) is 17.0. The van der Waals surface area contributed by atoms with E-state index in [1.54, 1.807) is 24.3 Å². The summed E-state index contributed by atoms with van der Waals surface area (Å²) in [5.74, 6) is -0.654. The molecule has 1 heterocycles. The summed E-state index contributed by atoms with van der Waals surface area (Å²) in [5.41, 5.74) is 1.99. The van der Waals surface area contributed by atoms with E-state index in [1.165, 1.54) is 19.2 Å². The molecule has 3 aromatic rings. The third-order valence-electron chi connectivity index (χ3n) is 5.58. The minimum absolute atomic E-state index is 0.000528. The molecule has 0 saturated carbocycles. The summed E-state index contributed by atoms with van der Waals surface area (Å²) in [6, 6.07) is 9.98. The highest BCUT2D eigenvalue weighted by Gasteiger charge is 2.25. The number of ketones is 1. The Labute approximate surface area is 213 Å². The van der Waals surface area contributed by atoms with Crippen molar-refractivity contribution in [3.05, 3.63) is 63.8 Å². The summed E-state index contributed by atoms with van der Waals surface area (Å²) in [4.78, 5) is 28.9. The minimum atomic E-state index is -3.13. The normalized spacial score (nSPS) is 11.6. The Hall–Kier alpha value is -3.26. The van der Waals surface area contributed by atoms with Gasteiger partial charge in [0.25, 0.3) is 0 Å². The SMILES string of the molecule is CCc1nc2c(Cl)ccc(OCC(=O)OC)c2c(OC(F)F)c1Cc1ccc(C(=O)C(C)(C)C)cc1. The number of Topliss-reactive ketones (excluding diaryl/α,β-unsaturated/α-hetero) is 1. The lowest BCUT2D eigenvalue weighted by molar-refractivity contribution is -0.142. The quantitative estimate of drug-likeness (QED) is 0.240. The first kappa shape index (κ1) is 27.3. The van der Waals surface area contributed by atoms with Gasteiger partial charge in [-0.3, -0.25) is 9.78 Å². The summed E-state index contributed by atoms with van der Waals surface area (Å²) in [7, 11) is 1.21. The molecule has 0 N–H and O–H groups in total. The maximum Gasteiger partial charge on any atom is 0.387 e. The molecule has 0 aliphatic carbocycles. The number of pyridine rings is 1. The van der Waals surface area contributed by atoms with E-state index < -0.39 is 24.6 Å². The van der Waals surface area contributed by atoms with Gasteiger partial charge < -0.3 is 14.2 Å². The Balaban J connectivity index is 2.16. The van der Waals surface area contributed by atoms with Crippen LogP contribution in [0.2, 0.25) is 5.02 Å². The molecular weight excluding hydrogens is 492 g/mol. The van der Waals surface area contributed by atoms with Crippen LogP contribution in [-0.4, -0.2) is 37.1 Å². The van der Waals surface area contributed by atoms with Gasteiger partial charge in [-0.05, 0) is 24.1 Å². The molecule has 1 aromatic heterocycles. The van der Waals surface area contributed by atoms with Crippen LogP contribution in [0.15, 0.2) is 36.4 Å². The molecule has 0 spiro atoms. The van der Waals surface area contributed by atoms with Gasteiger partial charge in [0.1, 0.15) is 11.5 Å². The van der Waals surface area contributed by atoms with Crippen molar-refractivity contribution in [1.29, 1.82) is 0 Å². The van der Waals surface area contributed by atoms with Crippen LogP contribution in [0.25, 0.3) is 10.9 Å². The number of alkyl halides is 2. The number of halogens is 3. The number of carbonyl (C=O) groups is 2. The van der Waals surface area contributed by atoms with E-state index in [0.29, 0.717) is 23.2 Å². The topological polar surface area (TPSA) is 74.7 Å². The number of esters is 1. The van der Waals surface area contributed by atoms with Gasteiger partial charge >= 0.3 is 12.6 Å². The monoisotopic (exact) mass is 519 g/mol. The average Bonchev–Trinajstić information content (AvgIpc) is 2.83. The number of hydrogen-bond acceptors (Lipinski definition) is 6. The summed E-state index contributed by atoms with van der Waals surface area (Å²) in [5, 5.41) is 0.360. The molecule has 36 heavy (non-hydrogen) atoms. The molecule has 0 amide bonds. The predicted octanol–water partition coefficient (Wildman–Crippen LogP) is 6.42. The van der Waals surface area contributed by atoms with E-state index in [4.69, 9.17) is 21.1 Å². The fourth-order valence-corrected chi connectivity index (χ4v) is 3.98. The summed E-state index contributed by atoms with van der Waals surface area (Å²) < 4.78 is 42.5. The molecule has 0 fully saturated rings. The van der Waals surface area contributed by atoms with Gasteiger partial charge in [-0.2, -0.15) is 8.78 Å². The first-order valence-corrected chi connectivity index (χ1v) is 11.8. The fourth-order valence-electron chi connectivity index (χ4n) is 3.78. The smallest absolute Gasteiger partial charge is 0.387 e. The van der Waals surface area contributed by atoms with Gasteiger partial charge in [-0.15, -0.1) is 0 Å². The fraction of sp³-hybridized carbons (Fsp3) is 0.370. The van der Waals surface area contributed by atoms with Crippen LogP contribution in [0, 0.1) is 5.41 Å². The average molecular weight is 520 g/mol. The van der Waals surface area contributed by atoms with Crippen LogP contribution >= 0.6 is 11.6 Å². The third kappa shape index (κ3) is 6.10. The molecule has 0 bridgehead atoms. The van der Waals surface area contributed by atoms with Gasteiger partial charge in [0.15, 0.2) is 12.4 Å². The second-order valence-corrected chi connectivity index (χ2v) is 9.59. The lowest BCUT2D eigenvalue weighted by atomic mass is 9.86. The molecule has 6 nitrogen and oxygen atoms in total. The molecule has 0 saturated heterocycles. The maximum atomic E-state index is 13.6. The molecule has 0 radical (unpaired) electrons. The number of carbonyl (C=O) groups excluding carboxylic acids is 2. The predicted molar refractivity (Wildman–Crippen MR) is 133 cm³/mol. The number of rotatable bonds is 9. The van der Waals surface area contributed by atoms with Crippen LogP contribution in [0.4, 0.5) is 8.78 Å². The highest BCUT2D eigenvalue weighted by Crippen LogP contribution is 2.42. The van der Waals surface area contributed by atoms with E-state index in [1.807, 2.05) is 27.7 Å². The second-order valence-electron chi connectivity index (χ2n) is 9.18. The van der Waals surface area contributed by atoms with Crippen LogP contribution in [0.1, 0.15) is 54.9 Å². The molecule has 9 heteroatoms. The second kappa shape index (κ2) is 11.2. The molecule has 0 aliphatic heterocycles. The number of aryl methyl sites for hydroxylation is 1. The van der Waals surface area contributed by atoms with Crippen LogP contribution < -0.4 is 9.47 Å². The van der Waals surface area contributed by atoms with Gasteiger partial charge in [-0.1, -0.05) is 63.6 Å². The molecular formula is C27H28ClF2NO5. The first-order valence-electron chi connectivity index (χ1n) is 11.4. The number of hydrogen-bond donors (Lipinski definition) is 0. The number of aromatic nitrogens is 1. The number of methoxy groups -OCH3 is 1. The van der Waals surface area contributed by atoms with Crippen molar-refractivity contribution in [3.63, 3.8) is 0 Å². The zero-order valence-electron chi connectivity index (χ0n) is 20.8. The van der Waals surface area contributed by atoms with Crippen molar-refractivity contribution >= 4 is 34.3 Å². The zero-order chi connectivity index (χ0) is 26.6. The van der Waals surface area contributed by atoms with Crippen molar-refractivity contribution < 1.29 is 32.6 Å². The Morgan fingerprint density at radius 3 is 2.31 bits per heavy atom. The van der Waals surface area contributed by atoms with Gasteiger partial charge in [0.2, 0.25) is 0 Å².